The van der Waals surface area contributed by atoms with Gasteiger partial charge in [-0.15, -0.1) is 10.2 Å². The number of benzene rings is 2. The molecule has 0 saturated carbocycles. The topological polar surface area (TPSA) is 59.2 Å². The molecule has 28 heavy (non-hydrogen) atoms. The number of fused-ring (bicyclic) bond motifs is 1. The monoisotopic (exact) mass is 393 g/mol. The number of carbonyl (C=O) groups is 1. The molecule has 0 spiro atoms. The van der Waals surface area contributed by atoms with E-state index in [-0.39, 0.29) is 5.91 Å². The van der Waals surface area contributed by atoms with E-state index in [1.165, 1.54) is 22.9 Å². The maximum absolute atomic E-state index is 12.7. The second kappa shape index (κ2) is 8.61. The molecule has 5 nitrogen and oxygen atoms in total. The van der Waals surface area contributed by atoms with E-state index in [0.717, 1.165) is 25.1 Å². The molecule has 4 rings (SSSR count). The van der Waals surface area contributed by atoms with Crippen LogP contribution in [-0.2, 0) is 17.6 Å². The fraction of sp³-hybridized carbons (Fsp3) is 0.318. The van der Waals surface area contributed by atoms with Crippen molar-refractivity contribution in [3.05, 3.63) is 71.6 Å². The molecule has 1 aliphatic heterocycles. The van der Waals surface area contributed by atoms with E-state index in [1.54, 1.807) is 0 Å². The normalized spacial score (nSPS) is 14.5. The first-order valence-corrected chi connectivity index (χ1v) is 10.6. The summed E-state index contributed by atoms with van der Waals surface area (Å²) in [5.74, 6) is 1.28. The summed E-state index contributed by atoms with van der Waals surface area (Å²) in [6.45, 7) is 2.91. The van der Waals surface area contributed by atoms with Crippen LogP contribution in [0.25, 0.3) is 0 Å². The third-order valence-corrected chi connectivity index (χ3v) is 5.83. The number of hydrogen-bond donors (Lipinski definition) is 0. The van der Waals surface area contributed by atoms with Crippen molar-refractivity contribution >= 4 is 23.4 Å². The van der Waals surface area contributed by atoms with E-state index in [9.17, 15) is 4.79 Å². The number of thioether (sulfide) groups is 1. The maximum atomic E-state index is 12.7. The van der Waals surface area contributed by atoms with Crippen LogP contribution in [0, 0.1) is 0 Å². The van der Waals surface area contributed by atoms with Crippen LogP contribution in [0.5, 0.6) is 0 Å². The third-order valence-electron chi connectivity index (χ3n) is 5.03. The number of carbonyl (C=O) groups excluding carboxylic acids is 1. The zero-order valence-electron chi connectivity index (χ0n) is 15.9. The highest BCUT2D eigenvalue weighted by Gasteiger charge is 2.23. The van der Waals surface area contributed by atoms with Gasteiger partial charge in [0.15, 0.2) is 0 Å². The van der Waals surface area contributed by atoms with Crippen molar-refractivity contribution in [1.82, 2.24) is 10.2 Å². The fourth-order valence-corrected chi connectivity index (χ4v) is 4.19. The number of aryl methyl sites for hydroxylation is 1. The van der Waals surface area contributed by atoms with Crippen LogP contribution in [0.4, 0.5) is 5.69 Å². The third kappa shape index (κ3) is 4.28. The summed E-state index contributed by atoms with van der Waals surface area (Å²) in [7, 11) is 0. The van der Waals surface area contributed by atoms with Gasteiger partial charge in [0.05, 0.1) is 5.75 Å². The Bertz CT molecular complexity index is 942. The van der Waals surface area contributed by atoms with E-state index in [2.05, 4.69) is 35.3 Å². The minimum atomic E-state index is 0.0783. The standard InChI is InChI=1S/C22H23N3O2S/c1-16(17-8-3-2-4-9-17)14-20-23-24-22(27-20)28-15-21(26)25-13-7-11-18-10-5-6-12-19(18)25/h2-6,8-10,12,16H,7,11,13-15H2,1H3. The minimum Gasteiger partial charge on any atom is -0.416 e. The molecule has 0 aliphatic carbocycles. The van der Waals surface area contributed by atoms with Crippen molar-refractivity contribution in [2.24, 2.45) is 0 Å². The molecule has 1 amide bonds. The van der Waals surface area contributed by atoms with Crippen LogP contribution in [0.15, 0.2) is 64.2 Å². The summed E-state index contributed by atoms with van der Waals surface area (Å²) in [6.07, 6.45) is 2.71. The summed E-state index contributed by atoms with van der Waals surface area (Å²) in [5.41, 5.74) is 3.51. The van der Waals surface area contributed by atoms with E-state index in [1.807, 2.05) is 41.3 Å². The largest absolute Gasteiger partial charge is 0.416 e. The average molecular weight is 394 g/mol. The lowest BCUT2D eigenvalue weighted by Crippen LogP contribution is -2.36. The summed E-state index contributed by atoms with van der Waals surface area (Å²) < 4.78 is 5.75. The molecule has 6 heteroatoms. The number of amides is 1. The van der Waals surface area contributed by atoms with Gasteiger partial charge in [-0.05, 0) is 36.0 Å². The van der Waals surface area contributed by atoms with Crippen molar-refractivity contribution in [2.45, 2.75) is 37.3 Å². The Morgan fingerprint density at radius 2 is 1.93 bits per heavy atom. The fourth-order valence-electron chi connectivity index (χ4n) is 3.53. The molecule has 0 radical (unpaired) electrons. The maximum Gasteiger partial charge on any atom is 0.277 e. The highest BCUT2D eigenvalue weighted by molar-refractivity contribution is 7.99. The van der Waals surface area contributed by atoms with Crippen molar-refractivity contribution in [2.75, 3.05) is 17.2 Å². The highest BCUT2D eigenvalue weighted by atomic mass is 32.2. The van der Waals surface area contributed by atoms with Crippen molar-refractivity contribution in [3.8, 4) is 0 Å². The SMILES string of the molecule is CC(Cc1nnc(SCC(=O)N2CCCc3ccccc32)o1)c1ccccc1. The quantitative estimate of drug-likeness (QED) is 0.578. The van der Waals surface area contributed by atoms with E-state index >= 15 is 0 Å². The van der Waals surface area contributed by atoms with Crippen LogP contribution in [0.3, 0.4) is 0 Å². The Kier molecular flexibility index (Phi) is 5.76. The second-order valence-corrected chi connectivity index (χ2v) is 7.97. The number of para-hydroxylation sites is 1. The Labute approximate surface area is 169 Å². The van der Waals surface area contributed by atoms with Gasteiger partial charge in [-0.3, -0.25) is 4.79 Å². The van der Waals surface area contributed by atoms with Crippen LogP contribution >= 0.6 is 11.8 Å². The van der Waals surface area contributed by atoms with Gasteiger partial charge in [0.25, 0.3) is 5.22 Å². The molecule has 1 unspecified atom stereocenters. The molecule has 0 N–H and O–H groups in total. The second-order valence-electron chi connectivity index (χ2n) is 7.04. The first kappa shape index (κ1) is 18.7. The Balaban J connectivity index is 1.34. The summed E-state index contributed by atoms with van der Waals surface area (Å²) in [5, 5.41) is 8.70. The molecule has 2 heterocycles. The van der Waals surface area contributed by atoms with Crippen LogP contribution in [0.2, 0.25) is 0 Å². The smallest absolute Gasteiger partial charge is 0.277 e. The molecule has 0 saturated heterocycles. The molecule has 3 aromatic rings. The Morgan fingerprint density at radius 3 is 2.79 bits per heavy atom. The lowest BCUT2D eigenvalue weighted by atomic mass is 9.98. The van der Waals surface area contributed by atoms with Gasteiger partial charge in [0.2, 0.25) is 11.8 Å². The van der Waals surface area contributed by atoms with Gasteiger partial charge in [-0.2, -0.15) is 0 Å². The van der Waals surface area contributed by atoms with E-state index in [4.69, 9.17) is 4.42 Å². The van der Waals surface area contributed by atoms with Gasteiger partial charge in [-0.1, -0.05) is 67.2 Å². The zero-order valence-corrected chi connectivity index (χ0v) is 16.7. The molecule has 1 aliphatic rings. The molecule has 1 atom stereocenters. The molecular formula is C22H23N3O2S. The van der Waals surface area contributed by atoms with Gasteiger partial charge in [-0.25, -0.2) is 0 Å². The summed E-state index contributed by atoms with van der Waals surface area (Å²) >= 11 is 1.31. The molecule has 1 aromatic heterocycles. The summed E-state index contributed by atoms with van der Waals surface area (Å²) in [6, 6.07) is 18.4. The number of nitrogens with zero attached hydrogens (tertiary/aromatic N) is 3. The molecular weight excluding hydrogens is 370 g/mol. The Hall–Kier alpha value is -2.60. The predicted molar refractivity (Wildman–Crippen MR) is 111 cm³/mol. The molecule has 0 bridgehead atoms. The van der Waals surface area contributed by atoms with Gasteiger partial charge < -0.3 is 9.32 Å². The van der Waals surface area contributed by atoms with Gasteiger partial charge in [0, 0.05) is 18.7 Å². The number of anilines is 1. The average Bonchev–Trinajstić information content (AvgIpc) is 3.19. The first-order chi connectivity index (χ1) is 13.7. The minimum absolute atomic E-state index is 0.0783. The molecule has 2 aromatic carbocycles. The predicted octanol–water partition coefficient (Wildman–Crippen LogP) is 4.49. The van der Waals surface area contributed by atoms with Crippen LogP contribution in [-0.4, -0.2) is 28.4 Å². The lowest BCUT2D eigenvalue weighted by molar-refractivity contribution is -0.116. The van der Waals surface area contributed by atoms with Crippen molar-refractivity contribution in [1.29, 1.82) is 0 Å². The highest BCUT2D eigenvalue weighted by Crippen LogP contribution is 2.28. The van der Waals surface area contributed by atoms with E-state index in [0.29, 0.717) is 29.2 Å². The number of aromatic nitrogens is 2. The zero-order chi connectivity index (χ0) is 19.3. The first-order valence-electron chi connectivity index (χ1n) is 9.59. The number of rotatable bonds is 6. The van der Waals surface area contributed by atoms with Crippen LogP contribution < -0.4 is 4.90 Å². The van der Waals surface area contributed by atoms with Gasteiger partial charge >= 0.3 is 0 Å². The van der Waals surface area contributed by atoms with Gasteiger partial charge in [0.1, 0.15) is 0 Å². The summed E-state index contributed by atoms with van der Waals surface area (Å²) in [4.78, 5) is 14.6. The number of hydrogen-bond acceptors (Lipinski definition) is 5. The van der Waals surface area contributed by atoms with Crippen LogP contribution in [0.1, 0.15) is 36.3 Å². The van der Waals surface area contributed by atoms with Crippen molar-refractivity contribution < 1.29 is 9.21 Å². The van der Waals surface area contributed by atoms with E-state index < -0.39 is 0 Å². The van der Waals surface area contributed by atoms with Crippen molar-refractivity contribution in [3.63, 3.8) is 0 Å². The molecule has 144 valence electrons. The molecule has 0 fully saturated rings. The lowest BCUT2D eigenvalue weighted by Gasteiger charge is -2.29. The Morgan fingerprint density at radius 1 is 1.14 bits per heavy atom.